The lowest BCUT2D eigenvalue weighted by molar-refractivity contribution is -0.123. The van der Waals surface area contributed by atoms with Gasteiger partial charge in [-0.3, -0.25) is 14.5 Å². The summed E-state index contributed by atoms with van der Waals surface area (Å²) in [6.07, 6.45) is 1.02. The van der Waals surface area contributed by atoms with Crippen LogP contribution in [0.15, 0.2) is 30.3 Å². The number of anilines is 1. The van der Waals surface area contributed by atoms with Crippen LogP contribution in [0.4, 0.5) is 5.69 Å². The summed E-state index contributed by atoms with van der Waals surface area (Å²) in [7, 11) is 3.25. The van der Waals surface area contributed by atoms with E-state index in [1.54, 1.807) is 14.2 Å². The van der Waals surface area contributed by atoms with Crippen molar-refractivity contribution in [2.75, 3.05) is 25.7 Å². The number of rotatable bonds is 4. The third kappa shape index (κ3) is 3.38. The average molecular weight is 394 g/mol. The fraction of sp³-hybridized carbons (Fsp3) is 0.391. The van der Waals surface area contributed by atoms with Gasteiger partial charge in [0.2, 0.25) is 5.91 Å². The van der Waals surface area contributed by atoms with Crippen LogP contribution < -0.4 is 14.4 Å². The summed E-state index contributed by atoms with van der Waals surface area (Å²) < 4.78 is 10.8. The van der Waals surface area contributed by atoms with Gasteiger partial charge in [0.25, 0.3) is 5.91 Å². The van der Waals surface area contributed by atoms with Gasteiger partial charge in [0, 0.05) is 13.1 Å². The first-order valence-electron chi connectivity index (χ1n) is 9.84. The van der Waals surface area contributed by atoms with Crippen molar-refractivity contribution in [1.82, 2.24) is 4.90 Å². The zero-order valence-corrected chi connectivity index (χ0v) is 17.3. The second-order valence-electron chi connectivity index (χ2n) is 7.75. The molecule has 1 fully saturated rings. The highest BCUT2D eigenvalue weighted by molar-refractivity contribution is 6.22. The number of fused-ring (bicyclic) bond motifs is 1. The normalized spacial score (nSPS) is 19.4. The molecule has 0 bridgehead atoms. The highest BCUT2D eigenvalue weighted by atomic mass is 16.5. The van der Waals surface area contributed by atoms with Crippen molar-refractivity contribution in [2.24, 2.45) is 0 Å². The lowest BCUT2D eigenvalue weighted by atomic mass is 9.97. The molecule has 1 atom stereocenters. The molecule has 2 heterocycles. The molecule has 0 aromatic heterocycles. The van der Waals surface area contributed by atoms with Crippen molar-refractivity contribution in [2.45, 2.75) is 39.3 Å². The fourth-order valence-corrected chi connectivity index (χ4v) is 4.21. The number of aryl methyl sites for hydroxylation is 2. The van der Waals surface area contributed by atoms with Crippen molar-refractivity contribution in [3.8, 4) is 11.5 Å². The van der Waals surface area contributed by atoms with Crippen LogP contribution in [0, 0.1) is 13.8 Å². The maximum absolute atomic E-state index is 13.2. The van der Waals surface area contributed by atoms with Crippen LogP contribution in [0.3, 0.4) is 0 Å². The van der Waals surface area contributed by atoms with Gasteiger partial charge in [-0.1, -0.05) is 6.07 Å². The standard InChI is InChI=1S/C23H26N2O4/c1-14-5-6-18(9-15(14)2)25-22(26)12-19(23(25)27)24-8-7-16-10-20(28-3)21(29-4)11-17(16)13-24/h5-6,9-11,19H,7-8,12-13H2,1-4H3. The molecule has 0 N–H and O–H groups in total. The zero-order valence-electron chi connectivity index (χ0n) is 17.3. The highest BCUT2D eigenvalue weighted by Crippen LogP contribution is 2.35. The SMILES string of the molecule is COc1cc2c(cc1OC)CN(C1CC(=O)N(c3ccc(C)c(C)c3)C1=O)CC2. The predicted molar refractivity (Wildman–Crippen MR) is 110 cm³/mol. The second-order valence-corrected chi connectivity index (χ2v) is 7.75. The van der Waals surface area contributed by atoms with Gasteiger partial charge >= 0.3 is 0 Å². The van der Waals surface area contributed by atoms with E-state index in [9.17, 15) is 9.59 Å². The minimum atomic E-state index is -0.426. The van der Waals surface area contributed by atoms with Gasteiger partial charge in [-0.15, -0.1) is 0 Å². The third-order valence-corrected chi connectivity index (χ3v) is 6.06. The Kier molecular flexibility index (Phi) is 5.04. The summed E-state index contributed by atoms with van der Waals surface area (Å²) in [5.74, 6) is 1.12. The van der Waals surface area contributed by atoms with Crippen LogP contribution in [0.5, 0.6) is 11.5 Å². The molecule has 1 unspecified atom stereocenters. The van der Waals surface area contributed by atoms with E-state index in [4.69, 9.17) is 9.47 Å². The number of hydrogen-bond acceptors (Lipinski definition) is 5. The van der Waals surface area contributed by atoms with Crippen molar-refractivity contribution < 1.29 is 19.1 Å². The molecule has 0 aliphatic carbocycles. The first-order valence-corrected chi connectivity index (χ1v) is 9.84. The molecule has 6 nitrogen and oxygen atoms in total. The number of hydrogen-bond donors (Lipinski definition) is 0. The number of carbonyl (C=O) groups is 2. The third-order valence-electron chi connectivity index (χ3n) is 6.06. The topological polar surface area (TPSA) is 59.1 Å². The Bertz CT molecular complexity index is 985. The van der Waals surface area contributed by atoms with Crippen molar-refractivity contribution in [3.63, 3.8) is 0 Å². The van der Waals surface area contributed by atoms with Crippen molar-refractivity contribution >= 4 is 17.5 Å². The average Bonchev–Trinajstić information content (AvgIpc) is 3.02. The van der Waals surface area contributed by atoms with Crippen molar-refractivity contribution in [1.29, 1.82) is 0 Å². The fourth-order valence-electron chi connectivity index (χ4n) is 4.21. The number of benzene rings is 2. The Morgan fingerprint density at radius 2 is 1.62 bits per heavy atom. The van der Waals surface area contributed by atoms with Gasteiger partial charge < -0.3 is 9.47 Å². The zero-order chi connectivity index (χ0) is 20.7. The van der Waals surface area contributed by atoms with Crippen LogP contribution in [0.2, 0.25) is 0 Å². The molecule has 0 spiro atoms. The number of methoxy groups -OCH3 is 2. The Labute approximate surface area is 171 Å². The van der Waals surface area contributed by atoms with E-state index >= 15 is 0 Å². The van der Waals surface area contributed by atoms with Gasteiger partial charge in [0.1, 0.15) is 0 Å². The smallest absolute Gasteiger partial charge is 0.251 e. The van der Waals surface area contributed by atoms with E-state index < -0.39 is 6.04 Å². The van der Waals surface area contributed by atoms with Gasteiger partial charge in [0.15, 0.2) is 11.5 Å². The van der Waals surface area contributed by atoms with E-state index in [2.05, 4.69) is 4.90 Å². The molecule has 6 heteroatoms. The summed E-state index contributed by atoms with van der Waals surface area (Å²) in [6, 6.07) is 9.27. The van der Waals surface area contributed by atoms with Crippen LogP contribution in [-0.4, -0.2) is 43.5 Å². The van der Waals surface area contributed by atoms with Crippen LogP contribution in [0.25, 0.3) is 0 Å². The first kappa shape index (κ1) is 19.5. The monoisotopic (exact) mass is 394 g/mol. The molecule has 2 aromatic rings. The lowest BCUT2D eigenvalue weighted by Gasteiger charge is -2.32. The van der Waals surface area contributed by atoms with Gasteiger partial charge in [-0.25, -0.2) is 4.90 Å². The second kappa shape index (κ2) is 7.52. The number of ether oxygens (including phenoxy) is 2. The molecule has 1 saturated heterocycles. The molecule has 152 valence electrons. The number of carbonyl (C=O) groups excluding carboxylic acids is 2. The molecular formula is C23H26N2O4. The van der Waals surface area contributed by atoms with Gasteiger partial charge in [0.05, 0.1) is 32.4 Å². The molecule has 4 rings (SSSR count). The number of imide groups is 1. The number of nitrogens with zero attached hydrogens (tertiary/aromatic N) is 2. The molecule has 2 amide bonds. The maximum Gasteiger partial charge on any atom is 0.251 e. The minimum Gasteiger partial charge on any atom is -0.493 e. The Morgan fingerprint density at radius 1 is 0.931 bits per heavy atom. The summed E-state index contributed by atoms with van der Waals surface area (Å²) in [5.41, 5.74) is 5.18. The largest absolute Gasteiger partial charge is 0.493 e. The predicted octanol–water partition coefficient (Wildman–Crippen LogP) is 3.01. The molecule has 0 radical (unpaired) electrons. The minimum absolute atomic E-state index is 0.137. The quantitative estimate of drug-likeness (QED) is 0.746. The first-order chi connectivity index (χ1) is 13.9. The van der Waals surface area contributed by atoms with E-state index in [-0.39, 0.29) is 18.2 Å². The van der Waals surface area contributed by atoms with E-state index in [1.165, 1.54) is 10.5 Å². The molecular weight excluding hydrogens is 368 g/mol. The Balaban J connectivity index is 1.58. The molecule has 2 aromatic carbocycles. The molecule has 29 heavy (non-hydrogen) atoms. The van der Waals surface area contributed by atoms with Crippen LogP contribution in [-0.2, 0) is 22.6 Å². The van der Waals surface area contributed by atoms with E-state index in [1.807, 2.05) is 44.2 Å². The van der Waals surface area contributed by atoms with E-state index in [0.717, 1.165) is 29.7 Å². The van der Waals surface area contributed by atoms with E-state index in [0.29, 0.717) is 23.7 Å². The Morgan fingerprint density at radius 3 is 2.28 bits per heavy atom. The van der Waals surface area contributed by atoms with Crippen LogP contribution in [0.1, 0.15) is 28.7 Å². The maximum atomic E-state index is 13.2. The summed E-state index contributed by atoms with van der Waals surface area (Å²) in [5, 5.41) is 0. The van der Waals surface area contributed by atoms with Crippen LogP contribution >= 0.6 is 0 Å². The molecule has 0 saturated carbocycles. The van der Waals surface area contributed by atoms with Gasteiger partial charge in [-0.05, 0) is 66.8 Å². The summed E-state index contributed by atoms with van der Waals surface area (Å²) in [4.78, 5) is 29.3. The van der Waals surface area contributed by atoms with Crippen molar-refractivity contribution in [3.05, 3.63) is 52.6 Å². The Hall–Kier alpha value is -2.86. The molecule has 2 aliphatic heterocycles. The number of amides is 2. The lowest BCUT2D eigenvalue weighted by Crippen LogP contribution is -2.44. The van der Waals surface area contributed by atoms with Gasteiger partial charge in [-0.2, -0.15) is 0 Å². The summed E-state index contributed by atoms with van der Waals surface area (Å²) in [6.45, 7) is 5.35. The molecule has 2 aliphatic rings. The highest BCUT2D eigenvalue weighted by Gasteiger charge is 2.43. The summed E-state index contributed by atoms with van der Waals surface area (Å²) >= 11 is 0.